The van der Waals surface area contributed by atoms with Gasteiger partial charge in [-0.3, -0.25) is 4.98 Å². The number of hydrogen-bond donors (Lipinski definition) is 1. The smallest absolute Gasteiger partial charge is 0.0702 e. The van der Waals surface area contributed by atoms with Gasteiger partial charge in [-0.1, -0.05) is 12.1 Å². The third-order valence-corrected chi connectivity index (χ3v) is 3.16. The topological polar surface area (TPSA) is 24.9 Å². The lowest BCUT2D eigenvalue weighted by molar-refractivity contribution is 0.764. The van der Waals surface area contributed by atoms with Gasteiger partial charge >= 0.3 is 0 Å². The molecule has 1 fully saturated rings. The van der Waals surface area contributed by atoms with E-state index in [2.05, 4.69) is 34.6 Å². The molecule has 16 heavy (non-hydrogen) atoms. The number of halogens is 1. The lowest BCUT2D eigenvalue weighted by Gasteiger charge is -2.09. The normalized spacial score (nSPS) is 19.6. The Bertz CT molecular complexity index is 478. The Morgan fingerprint density at radius 3 is 3.00 bits per heavy atom. The van der Waals surface area contributed by atoms with Crippen LogP contribution >= 0.6 is 12.4 Å². The molecule has 1 aromatic heterocycles. The predicted molar refractivity (Wildman–Crippen MR) is 69.2 cm³/mol. The summed E-state index contributed by atoms with van der Waals surface area (Å²) < 4.78 is 0. The summed E-state index contributed by atoms with van der Waals surface area (Å²) in [5.41, 5.74) is 2.53. The summed E-state index contributed by atoms with van der Waals surface area (Å²) in [6.07, 6.45) is 3.10. The largest absolute Gasteiger partial charge is 0.316 e. The van der Waals surface area contributed by atoms with Crippen molar-refractivity contribution < 1.29 is 0 Å². The molecule has 2 heterocycles. The molecule has 1 saturated heterocycles. The summed E-state index contributed by atoms with van der Waals surface area (Å²) in [6, 6.07) is 10.8. The van der Waals surface area contributed by atoms with Crippen LogP contribution in [-0.4, -0.2) is 18.1 Å². The first-order valence-corrected chi connectivity index (χ1v) is 5.49. The minimum Gasteiger partial charge on any atom is -0.316 e. The molecule has 0 bridgehead atoms. The van der Waals surface area contributed by atoms with Crippen LogP contribution in [0.2, 0.25) is 0 Å². The molecular weight excluding hydrogens is 220 g/mol. The van der Waals surface area contributed by atoms with E-state index >= 15 is 0 Å². The second-order valence-electron chi connectivity index (χ2n) is 4.15. The molecule has 0 saturated carbocycles. The van der Waals surface area contributed by atoms with Gasteiger partial charge in [-0.05, 0) is 42.6 Å². The minimum atomic E-state index is 0. The van der Waals surface area contributed by atoms with Gasteiger partial charge in [0.2, 0.25) is 0 Å². The fourth-order valence-corrected chi connectivity index (χ4v) is 2.29. The molecule has 1 aliphatic heterocycles. The van der Waals surface area contributed by atoms with Gasteiger partial charge in [-0.15, -0.1) is 12.4 Å². The summed E-state index contributed by atoms with van der Waals surface area (Å²) >= 11 is 0. The molecule has 0 radical (unpaired) electrons. The van der Waals surface area contributed by atoms with E-state index < -0.39 is 0 Å². The zero-order valence-electron chi connectivity index (χ0n) is 9.02. The van der Waals surface area contributed by atoms with Crippen molar-refractivity contribution >= 4 is 23.3 Å². The maximum Gasteiger partial charge on any atom is 0.0702 e. The van der Waals surface area contributed by atoms with Gasteiger partial charge in [-0.25, -0.2) is 0 Å². The molecule has 84 valence electrons. The van der Waals surface area contributed by atoms with Crippen molar-refractivity contribution in [3.8, 4) is 0 Å². The van der Waals surface area contributed by atoms with Gasteiger partial charge in [-0.2, -0.15) is 0 Å². The van der Waals surface area contributed by atoms with Crippen LogP contribution in [0.1, 0.15) is 17.9 Å². The van der Waals surface area contributed by atoms with Crippen molar-refractivity contribution in [3.63, 3.8) is 0 Å². The van der Waals surface area contributed by atoms with Crippen molar-refractivity contribution in [2.75, 3.05) is 13.1 Å². The highest BCUT2D eigenvalue weighted by molar-refractivity contribution is 5.85. The van der Waals surface area contributed by atoms with Crippen molar-refractivity contribution in [2.24, 2.45) is 0 Å². The molecular formula is C13H15ClN2. The number of benzene rings is 1. The van der Waals surface area contributed by atoms with Crippen LogP contribution in [-0.2, 0) is 0 Å². The van der Waals surface area contributed by atoms with Crippen molar-refractivity contribution in [3.05, 3.63) is 42.1 Å². The number of aromatic nitrogens is 1. The number of nitrogens with one attached hydrogen (secondary N) is 1. The van der Waals surface area contributed by atoms with Crippen LogP contribution in [0, 0.1) is 0 Å². The fraction of sp³-hybridized carbons (Fsp3) is 0.308. The molecule has 1 N–H and O–H groups in total. The zero-order valence-corrected chi connectivity index (χ0v) is 9.83. The lowest BCUT2D eigenvalue weighted by Crippen LogP contribution is -2.07. The number of pyridine rings is 1. The van der Waals surface area contributed by atoms with Crippen LogP contribution in [0.3, 0.4) is 0 Å². The Morgan fingerprint density at radius 1 is 1.25 bits per heavy atom. The van der Waals surface area contributed by atoms with E-state index in [1.807, 2.05) is 12.3 Å². The molecule has 1 aromatic carbocycles. The van der Waals surface area contributed by atoms with Gasteiger partial charge in [0.25, 0.3) is 0 Å². The molecule has 0 aliphatic carbocycles. The Hall–Kier alpha value is -1.12. The standard InChI is InChI=1S/C13H14N2.ClH/c1-2-11-8-10(12-5-7-14-9-12)3-4-13(11)15-6-1;/h1-4,6,8,12,14H,5,7,9H2;1H. The first-order chi connectivity index (χ1) is 7.43. The quantitative estimate of drug-likeness (QED) is 0.821. The summed E-state index contributed by atoms with van der Waals surface area (Å²) in [6.45, 7) is 2.27. The average Bonchev–Trinajstić information content (AvgIpc) is 2.82. The first kappa shape index (κ1) is 11.4. The van der Waals surface area contributed by atoms with Crippen LogP contribution in [0.4, 0.5) is 0 Å². The molecule has 3 rings (SSSR count). The molecule has 0 spiro atoms. The van der Waals surface area contributed by atoms with E-state index in [1.165, 1.54) is 17.4 Å². The molecule has 2 nitrogen and oxygen atoms in total. The monoisotopic (exact) mass is 234 g/mol. The first-order valence-electron chi connectivity index (χ1n) is 5.49. The fourth-order valence-electron chi connectivity index (χ4n) is 2.29. The molecule has 0 amide bonds. The van der Waals surface area contributed by atoms with Crippen LogP contribution in [0.25, 0.3) is 10.9 Å². The Morgan fingerprint density at radius 2 is 2.19 bits per heavy atom. The molecule has 2 aromatic rings. The third-order valence-electron chi connectivity index (χ3n) is 3.16. The van der Waals surface area contributed by atoms with E-state index in [-0.39, 0.29) is 12.4 Å². The predicted octanol–water partition coefficient (Wildman–Crippen LogP) is 2.73. The second kappa shape index (κ2) is 4.81. The summed E-state index contributed by atoms with van der Waals surface area (Å²) in [7, 11) is 0. The van der Waals surface area contributed by atoms with E-state index in [1.54, 1.807) is 0 Å². The van der Waals surface area contributed by atoms with Crippen molar-refractivity contribution in [1.82, 2.24) is 10.3 Å². The van der Waals surface area contributed by atoms with Gasteiger partial charge in [0, 0.05) is 18.1 Å². The summed E-state index contributed by atoms with van der Waals surface area (Å²) in [5.74, 6) is 0.689. The van der Waals surface area contributed by atoms with Gasteiger partial charge < -0.3 is 5.32 Å². The Balaban J connectivity index is 0.000000963. The number of fused-ring (bicyclic) bond motifs is 1. The van der Waals surface area contributed by atoms with E-state index in [4.69, 9.17) is 0 Å². The molecule has 1 unspecified atom stereocenters. The van der Waals surface area contributed by atoms with E-state index in [0.29, 0.717) is 5.92 Å². The lowest BCUT2D eigenvalue weighted by atomic mass is 9.97. The van der Waals surface area contributed by atoms with E-state index in [0.717, 1.165) is 18.6 Å². The average molecular weight is 235 g/mol. The third kappa shape index (κ3) is 2.04. The highest BCUT2D eigenvalue weighted by Crippen LogP contribution is 2.24. The minimum absolute atomic E-state index is 0. The van der Waals surface area contributed by atoms with Crippen LogP contribution in [0.15, 0.2) is 36.5 Å². The van der Waals surface area contributed by atoms with Crippen molar-refractivity contribution in [2.45, 2.75) is 12.3 Å². The van der Waals surface area contributed by atoms with Gasteiger partial charge in [0.1, 0.15) is 0 Å². The number of nitrogens with zero attached hydrogens (tertiary/aromatic N) is 1. The number of hydrogen-bond acceptors (Lipinski definition) is 2. The van der Waals surface area contributed by atoms with Crippen molar-refractivity contribution in [1.29, 1.82) is 0 Å². The van der Waals surface area contributed by atoms with E-state index in [9.17, 15) is 0 Å². The zero-order chi connectivity index (χ0) is 10.1. The summed E-state index contributed by atoms with van der Waals surface area (Å²) in [4.78, 5) is 4.33. The highest BCUT2D eigenvalue weighted by atomic mass is 35.5. The number of rotatable bonds is 1. The van der Waals surface area contributed by atoms with Crippen LogP contribution < -0.4 is 5.32 Å². The summed E-state index contributed by atoms with van der Waals surface area (Å²) in [5, 5.41) is 4.66. The van der Waals surface area contributed by atoms with Gasteiger partial charge in [0.15, 0.2) is 0 Å². The SMILES string of the molecule is Cl.c1cnc2ccc(C3CCNC3)cc2c1. The Kier molecular flexibility index (Phi) is 3.42. The maximum absolute atomic E-state index is 4.33. The van der Waals surface area contributed by atoms with Gasteiger partial charge in [0.05, 0.1) is 5.52 Å². The Labute approximate surface area is 101 Å². The molecule has 3 heteroatoms. The maximum atomic E-state index is 4.33. The molecule has 1 atom stereocenters. The second-order valence-corrected chi connectivity index (χ2v) is 4.15. The van der Waals surface area contributed by atoms with Crippen LogP contribution in [0.5, 0.6) is 0 Å². The molecule has 1 aliphatic rings. The highest BCUT2D eigenvalue weighted by Gasteiger charge is 2.16.